The summed E-state index contributed by atoms with van der Waals surface area (Å²) < 4.78 is 7.47. The van der Waals surface area contributed by atoms with Crippen molar-refractivity contribution in [2.45, 2.75) is 49.9 Å². The summed E-state index contributed by atoms with van der Waals surface area (Å²) in [6, 6.07) is 0.196. The summed E-state index contributed by atoms with van der Waals surface area (Å²) in [5.41, 5.74) is 7.26. The largest absolute Gasteiger partial charge is 0.394 e. The van der Waals surface area contributed by atoms with Gasteiger partial charge in [-0.15, -0.1) is 5.10 Å². The van der Waals surface area contributed by atoms with Gasteiger partial charge in [-0.25, -0.2) is 14.6 Å². The van der Waals surface area contributed by atoms with Gasteiger partial charge in [0.25, 0.3) is 0 Å². The Morgan fingerprint density at radius 1 is 1.39 bits per heavy atom. The number of anilines is 1. The van der Waals surface area contributed by atoms with Crippen molar-refractivity contribution in [1.82, 2.24) is 25.0 Å². The van der Waals surface area contributed by atoms with Crippen molar-refractivity contribution in [3.63, 3.8) is 0 Å². The van der Waals surface area contributed by atoms with Crippen molar-refractivity contribution < 1.29 is 9.84 Å². The molecule has 8 nitrogen and oxygen atoms in total. The van der Waals surface area contributed by atoms with Crippen LogP contribution >= 0.6 is 11.8 Å². The Morgan fingerprint density at radius 3 is 3.04 bits per heavy atom. The number of aliphatic hydroxyl groups is 1. The highest BCUT2D eigenvalue weighted by atomic mass is 32.2. The fourth-order valence-electron chi connectivity index (χ4n) is 2.84. The number of fused-ring (bicyclic) bond motifs is 1. The normalized spacial score (nSPS) is 21.3. The van der Waals surface area contributed by atoms with E-state index in [0.29, 0.717) is 28.7 Å². The van der Waals surface area contributed by atoms with E-state index in [1.807, 2.05) is 4.68 Å². The SMILES string of the molecule is CCCSc1nc(N)c2nnn([C@H]3CCC(OCCO)C3)c2n1. The van der Waals surface area contributed by atoms with E-state index < -0.39 is 0 Å². The van der Waals surface area contributed by atoms with Crippen molar-refractivity contribution in [2.75, 3.05) is 24.7 Å². The number of rotatable bonds is 7. The van der Waals surface area contributed by atoms with Gasteiger partial charge >= 0.3 is 0 Å². The molecule has 0 aliphatic heterocycles. The first kappa shape index (κ1) is 16.4. The van der Waals surface area contributed by atoms with Crippen molar-refractivity contribution in [2.24, 2.45) is 0 Å². The molecule has 0 radical (unpaired) electrons. The Hall–Kier alpha value is -1.45. The van der Waals surface area contributed by atoms with Gasteiger partial charge < -0.3 is 15.6 Å². The fraction of sp³-hybridized carbons (Fsp3) is 0.714. The molecule has 0 amide bonds. The Kier molecular flexibility index (Phi) is 5.29. The number of hydrogen-bond acceptors (Lipinski definition) is 8. The second-order valence-electron chi connectivity index (χ2n) is 5.63. The van der Waals surface area contributed by atoms with Crippen LogP contribution in [0.2, 0.25) is 0 Å². The molecule has 23 heavy (non-hydrogen) atoms. The lowest BCUT2D eigenvalue weighted by Crippen LogP contribution is -2.14. The third kappa shape index (κ3) is 3.56. The van der Waals surface area contributed by atoms with Crippen molar-refractivity contribution in [3.05, 3.63) is 0 Å². The summed E-state index contributed by atoms with van der Waals surface area (Å²) in [7, 11) is 0. The maximum atomic E-state index is 8.86. The number of thioether (sulfide) groups is 1. The first-order valence-electron chi connectivity index (χ1n) is 7.96. The number of nitrogen functional groups attached to an aromatic ring is 1. The topological polar surface area (TPSA) is 112 Å². The van der Waals surface area contributed by atoms with Crippen LogP contribution in [-0.4, -0.2) is 55.1 Å². The van der Waals surface area contributed by atoms with E-state index in [2.05, 4.69) is 27.2 Å². The van der Waals surface area contributed by atoms with E-state index in [9.17, 15) is 0 Å². The zero-order valence-electron chi connectivity index (χ0n) is 13.2. The second-order valence-corrected chi connectivity index (χ2v) is 6.69. The molecule has 2 aromatic rings. The van der Waals surface area contributed by atoms with Crippen LogP contribution in [-0.2, 0) is 4.74 Å². The number of aliphatic hydroxyl groups excluding tert-OH is 1. The molecule has 1 aliphatic rings. The Morgan fingerprint density at radius 2 is 2.26 bits per heavy atom. The van der Waals surface area contributed by atoms with E-state index in [-0.39, 0.29) is 18.8 Å². The standard InChI is InChI=1S/C14H22N6O2S/c1-2-7-23-14-16-12(15)11-13(17-14)20(19-18-11)9-3-4-10(8-9)22-6-5-21/h9-10,21H,2-8H2,1H3,(H2,15,16,17)/t9-,10?/m0/s1. The molecule has 1 unspecified atom stereocenters. The molecular formula is C14H22N6O2S. The zero-order valence-corrected chi connectivity index (χ0v) is 14.0. The number of hydrogen-bond donors (Lipinski definition) is 2. The first-order valence-corrected chi connectivity index (χ1v) is 8.95. The van der Waals surface area contributed by atoms with Crippen LogP contribution < -0.4 is 5.73 Å². The summed E-state index contributed by atoms with van der Waals surface area (Å²) in [6.07, 6.45) is 3.95. The van der Waals surface area contributed by atoms with Crippen molar-refractivity contribution >= 4 is 28.7 Å². The molecule has 9 heteroatoms. The van der Waals surface area contributed by atoms with Gasteiger partial charge in [0.2, 0.25) is 0 Å². The summed E-state index contributed by atoms with van der Waals surface area (Å²) in [6.45, 7) is 2.54. The Balaban J connectivity index is 1.82. The minimum Gasteiger partial charge on any atom is -0.394 e. The second kappa shape index (κ2) is 7.41. The fourth-order valence-corrected chi connectivity index (χ4v) is 3.54. The molecule has 3 N–H and O–H groups in total. The quantitative estimate of drug-likeness (QED) is 0.575. The molecule has 1 saturated carbocycles. The van der Waals surface area contributed by atoms with E-state index in [4.69, 9.17) is 15.6 Å². The summed E-state index contributed by atoms with van der Waals surface area (Å²) in [4.78, 5) is 8.89. The smallest absolute Gasteiger partial charge is 0.191 e. The molecule has 2 aromatic heterocycles. The van der Waals surface area contributed by atoms with Gasteiger partial charge in [0.05, 0.1) is 25.4 Å². The van der Waals surface area contributed by atoms with Crippen LogP contribution in [0, 0.1) is 0 Å². The first-order chi connectivity index (χ1) is 11.2. The average Bonchev–Trinajstić information content (AvgIpc) is 3.17. The summed E-state index contributed by atoms with van der Waals surface area (Å²) >= 11 is 1.59. The number of aromatic nitrogens is 5. The highest BCUT2D eigenvalue weighted by Gasteiger charge is 2.29. The van der Waals surface area contributed by atoms with Gasteiger partial charge in [0.1, 0.15) is 0 Å². The predicted molar refractivity (Wildman–Crippen MR) is 88.3 cm³/mol. The molecule has 126 valence electrons. The van der Waals surface area contributed by atoms with Crippen LogP contribution in [0.5, 0.6) is 0 Å². The number of nitrogens with zero attached hydrogens (tertiary/aromatic N) is 5. The summed E-state index contributed by atoms with van der Waals surface area (Å²) in [5, 5.41) is 17.9. The molecule has 0 saturated heterocycles. The number of nitrogens with two attached hydrogens (primary N) is 1. The van der Waals surface area contributed by atoms with Gasteiger partial charge in [-0.3, -0.25) is 0 Å². The molecule has 2 atom stereocenters. The lowest BCUT2D eigenvalue weighted by atomic mass is 10.2. The maximum absolute atomic E-state index is 8.86. The molecular weight excluding hydrogens is 316 g/mol. The number of ether oxygens (including phenoxy) is 1. The van der Waals surface area contributed by atoms with Gasteiger partial charge in [0, 0.05) is 5.75 Å². The highest BCUT2D eigenvalue weighted by Crippen LogP contribution is 2.33. The monoisotopic (exact) mass is 338 g/mol. The summed E-state index contributed by atoms with van der Waals surface area (Å²) in [5.74, 6) is 1.33. The predicted octanol–water partition coefficient (Wildman–Crippen LogP) is 1.41. The lowest BCUT2D eigenvalue weighted by molar-refractivity contribution is 0.0309. The van der Waals surface area contributed by atoms with Crippen LogP contribution in [0.25, 0.3) is 11.2 Å². The van der Waals surface area contributed by atoms with Gasteiger partial charge in [0.15, 0.2) is 22.1 Å². The molecule has 0 spiro atoms. The molecule has 0 aromatic carbocycles. The maximum Gasteiger partial charge on any atom is 0.191 e. The molecule has 3 rings (SSSR count). The Labute approximate surface area is 138 Å². The van der Waals surface area contributed by atoms with Crippen LogP contribution in [0.3, 0.4) is 0 Å². The molecule has 1 fully saturated rings. The van der Waals surface area contributed by atoms with Gasteiger partial charge in [-0.05, 0) is 25.7 Å². The zero-order chi connectivity index (χ0) is 16.2. The lowest BCUT2D eigenvalue weighted by Gasteiger charge is -2.12. The van der Waals surface area contributed by atoms with Crippen molar-refractivity contribution in [1.29, 1.82) is 0 Å². The Bertz CT molecular complexity index is 664. The van der Waals surface area contributed by atoms with E-state index in [0.717, 1.165) is 31.4 Å². The van der Waals surface area contributed by atoms with Gasteiger partial charge in [-0.2, -0.15) is 0 Å². The van der Waals surface area contributed by atoms with Crippen LogP contribution in [0.4, 0.5) is 5.82 Å². The minimum atomic E-state index is 0.0508. The van der Waals surface area contributed by atoms with E-state index in [1.165, 1.54) is 0 Å². The molecule has 0 bridgehead atoms. The van der Waals surface area contributed by atoms with Crippen molar-refractivity contribution in [3.8, 4) is 0 Å². The minimum absolute atomic E-state index is 0.0508. The molecule has 2 heterocycles. The van der Waals surface area contributed by atoms with Crippen LogP contribution in [0.15, 0.2) is 5.16 Å². The van der Waals surface area contributed by atoms with Crippen LogP contribution in [0.1, 0.15) is 38.6 Å². The van der Waals surface area contributed by atoms with E-state index >= 15 is 0 Å². The molecule has 1 aliphatic carbocycles. The third-order valence-electron chi connectivity index (χ3n) is 3.91. The van der Waals surface area contributed by atoms with Gasteiger partial charge in [-0.1, -0.05) is 23.9 Å². The third-order valence-corrected chi connectivity index (χ3v) is 4.97. The van der Waals surface area contributed by atoms with E-state index in [1.54, 1.807) is 11.8 Å². The average molecular weight is 338 g/mol. The highest BCUT2D eigenvalue weighted by molar-refractivity contribution is 7.99.